The van der Waals surface area contributed by atoms with Crippen LogP contribution in [0.1, 0.15) is 62.1 Å². The molecular formula is C15H23NOS. The van der Waals surface area contributed by atoms with Gasteiger partial charge in [-0.25, -0.2) is 4.98 Å². The first kappa shape index (κ1) is 12.6. The van der Waals surface area contributed by atoms with Crippen molar-refractivity contribution >= 4 is 11.3 Å². The predicted octanol–water partition coefficient (Wildman–Crippen LogP) is 3.86. The van der Waals surface area contributed by atoms with Gasteiger partial charge in [-0.15, -0.1) is 11.3 Å². The molecule has 0 unspecified atom stereocenters. The van der Waals surface area contributed by atoms with E-state index in [2.05, 4.69) is 10.4 Å². The van der Waals surface area contributed by atoms with Gasteiger partial charge in [-0.3, -0.25) is 0 Å². The van der Waals surface area contributed by atoms with E-state index in [0.29, 0.717) is 5.41 Å². The molecule has 2 aliphatic rings. The van der Waals surface area contributed by atoms with Crippen LogP contribution in [0.4, 0.5) is 0 Å². The Kier molecular flexibility index (Phi) is 3.23. The van der Waals surface area contributed by atoms with Crippen molar-refractivity contribution in [3.63, 3.8) is 0 Å². The Morgan fingerprint density at radius 3 is 2.39 bits per heavy atom. The van der Waals surface area contributed by atoms with Crippen LogP contribution in [0.2, 0.25) is 0 Å². The number of aryl methyl sites for hydroxylation is 1. The summed E-state index contributed by atoms with van der Waals surface area (Å²) >= 11 is 1.69. The van der Waals surface area contributed by atoms with Crippen molar-refractivity contribution in [3.8, 4) is 0 Å². The number of hydrogen-bond donors (Lipinski definition) is 1. The lowest BCUT2D eigenvalue weighted by Gasteiger charge is -2.42. The number of nitrogens with zero attached hydrogens (tertiary/aromatic N) is 1. The summed E-state index contributed by atoms with van der Waals surface area (Å²) in [7, 11) is 0. The van der Waals surface area contributed by atoms with Crippen LogP contribution in [0.15, 0.2) is 5.38 Å². The van der Waals surface area contributed by atoms with Gasteiger partial charge in [0.15, 0.2) is 0 Å². The lowest BCUT2D eigenvalue weighted by Crippen LogP contribution is -2.39. The van der Waals surface area contributed by atoms with Crippen LogP contribution in [0.25, 0.3) is 0 Å². The van der Waals surface area contributed by atoms with E-state index < -0.39 is 5.60 Å². The highest BCUT2D eigenvalue weighted by Gasteiger charge is 2.43. The van der Waals surface area contributed by atoms with Gasteiger partial charge in [0, 0.05) is 11.8 Å². The number of rotatable bonds is 2. The Morgan fingerprint density at radius 1 is 1.17 bits per heavy atom. The van der Waals surface area contributed by atoms with Gasteiger partial charge >= 0.3 is 0 Å². The van der Waals surface area contributed by atoms with Gasteiger partial charge in [-0.2, -0.15) is 0 Å². The molecule has 0 atom stereocenters. The van der Waals surface area contributed by atoms with E-state index in [4.69, 9.17) is 0 Å². The van der Waals surface area contributed by atoms with Crippen molar-refractivity contribution in [1.29, 1.82) is 0 Å². The highest BCUT2D eigenvalue weighted by molar-refractivity contribution is 7.09. The third kappa shape index (κ3) is 2.48. The molecule has 1 spiro atoms. The molecule has 0 aliphatic heterocycles. The highest BCUT2D eigenvalue weighted by atomic mass is 32.1. The monoisotopic (exact) mass is 265 g/mol. The molecule has 0 bridgehead atoms. The maximum absolute atomic E-state index is 10.7. The SMILES string of the molecule is Cc1nc(CC2(O)CCC3(CCCC3)CC2)cs1. The molecule has 3 heteroatoms. The Hall–Kier alpha value is -0.410. The zero-order valence-corrected chi connectivity index (χ0v) is 12.1. The molecule has 1 N–H and O–H groups in total. The summed E-state index contributed by atoms with van der Waals surface area (Å²) in [5.74, 6) is 0. The third-order valence-corrected chi connectivity index (χ3v) is 5.90. The van der Waals surface area contributed by atoms with Crippen molar-refractivity contribution in [2.45, 2.75) is 70.3 Å². The van der Waals surface area contributed by atoms with Gasteiger partial charge in [-0.1, -0.05) is 12.8 Å². The summed E-state index contributed by atoms with van der Waals surface area (Å²) in [6.07, 6.45) is 10.8. The number of aliphatic hydroxyl groups is 1. The Balaban J connectivity index is 1.63. The van der Waals surface area contributed by atoms with Crippen LogP contribution in [-0.4, -0.2) is 15.7 Å². The van der Waals surface area contributed by atoms with Gasteiger partial charge < -0.3 is 5.11 Å². The summed E-state index contributed by atoms with van der Waals surface area (Å²) < 4.78 is 0. The number of hydrogen-bond acceptors (Lipinski definition) is 3. The molecule has 0 aromatic carbocycles. The van der Waals surface area contributed by atoms with E-state index in [9.17, 15) is 5.11 Å². The molecule has 2 nitrogen and oxygen atoms in total. The normalized spacial score (nSPS) is 25.7. The van der Waals surface area contributed by atoms with E-state index in [0.717, 1.165) is 30.0 Å². The lowest BCUT2D eigenvalue weighted by molar-refractivity contribution is -0.0327. The van der Waals surface area contributed by atoms with Crippen LogP contribution < -0.4 is 0 Å². The van der Waals surface area contributed by atoms with E-state index in [1.165, 1.54) is 38.5 Å². The van der Waals surface area contributed by atoms with Crippen molar-refractivity contribution in [1.82, 2.24) is 4.98 Å². The summed E-state index contributed by atoms with van der Waals surface area (Å²) in [6, 6.07) is 0. The van der Waals surface area contributed by atoms with E-state index in [1.54, 1.807) is 11.3 Å². The molecule has 0 radical (unpaired) electrons. The van der Waals surface area contributed by atoms with E-state index >= 15 is 0 Å². The summed E-state index contributed by atoms with van der Waals surface area (Å²) in [5.41, 5.74) is 1.21. The number of thiazole rings is 1. The van der Waals surface area contributed by atoms with Crippen LogP contribution >= 0.6 is 11.3 Å². The first-order chi connectivity index (χ1) is 8.59. The van der Waals surface area contributed by atoms with Crippen molar-refractivity contribution in [2.75, 3.05) is 0 Å². The highest BCUT2D eigenvalue weighted by Crippen LogP contribution is 2.51. The molecule has 0 amide bonds. The fourth-order valence-electron chi connectivity index (χ4n) is 3.87. The van der Waals surface area contributed by atoms with Crippen LogP contribution in [0.3, 0.4) is 0 Å². The van der Waals surface area contributed by atoms with Gasteiger partial charge in [0.2, 0.25) is 0 Å². The second kappa shape index (κ2) is 4.61. The van der Waals surface area contributed by atoms with Crippen molar-refractivity contribution in [3.05, 3.63) is 16.1 Å². The quantitative estimate of drug-likeness (QED) is 0.881. The standard InChI is InChI=1S/C15H23NOS/c1-12-16-13(11-18-12)10-15(17)8-6-14(7-9-15)4-2-3-5-14/h11,17H,2-10H2,1H3. The fraction of sp³-hybridized carbons (Fsp3) is 0.800. The van der Waals surface area contributed by atoms with Crippen LogP contribution in [0, 0.1) is 12.3 Å². The second-order valence-electron chi connectivity index (χ2n) is 6.47. The average Bonchev–Trinajstić information content (AvgIpc) is 2.94. The molecular weight excluding hydrogens is 242 g/mol. The smallest absolute Gasteiger partial charge is 0.0897 e. The van der Waals surface area contributed by atoms with Crippen LogP contribution in [-0.2, 0) is 6.42 Å². The molecule has 18 heavy (non-hydrogen) atoms. The molecule has 3 rings (SSSR count). The first-order valence-electron chi connectivity index (χ1n) is 7.23. The largest absolute Gasteiger partial charge is 0.389 e. The van der Waals surface area contributed by atoms with Crippen LogP contribution in [0.5, 0.6) is 0 Å². The third-order valence-electron chi connectivity index (χ3n) is 5.08. The van der Waals surface area contributed by atoms with E-state index in [1.807, 2.05) is 6.92 Å². The summed E-state index contributed by atoms with van der Waals surface area (Å²) in [5, 5.41) is 14.0. The summed E-state index contributed by atoms with van der Waals surface area (Å²) in [6.45, 7) is 2.03. The Labute approximate surface area is 113 Å². The van der Waals surface area contributed by atoms with Gasteiger partial charge in [0.1, 0.15) is 0 Å². The van der Waals surface area contributed by atoms with Crippen molar-refractivity contribution < 1.29 is 5.11 Å². The molecule has 2 fully saturated rings. The first-order valence-corrected chi connectivity index (χ1v) is 8.11. The Morgan fingerprint density at radius 2 is 1.83 bits per heavy atom. The maximum atomic E-state index is 10.7. The molecule has 1 aromatic heterocycles. The molecule has 1 aromatic rings. The van der Waals surface area contributed by atoms with Gasteiger partial charge in [0.05, 0.1) is 16.3 Å². The fourth-order valence-corrected chi connectivity index (χ4v) is 4.49. The molecule has 100 valence electrons. The zero-order chi connectivity index (χ0) is 12.6. The topological polar surface area (TPSA) is 33.1 Å². The minimum atomic E-state index is -0.478. The molecule has 2 aliphatic carbocycles. The number of aromatic nitrogens is 1. The van der Waals surface area contributed by atoms with E-state index in [-0.39, 0.29) is 0 Å². The minimum absolute atomic E-state index is 0.478. The lowest BCUT2D eigenvalue weighted by atomic mass is 9.67. The average molecular weight is 265 g/mol. The molecule has 1 heterocycles. The van der Waals surface area contributed by atoms with Gasteiger partial charge in [0.25, 0.3) is 0 Å². The predicted molar refractivity (Wildman–Crippen MR) is 74.9 cm³/mol. The Bertz CT molecular complexity index is 410. The second-order valence-corrected chi connectivity index (χ2v) is 7.53. The summed E-state index contributed by atoms with van der Waals surface area (Å²) in [4.78, 5) is 4.50. The zero-order valence-electron chi connectivity index (χ0n) is 11.2. The minimum Gasteiger partial charge on any atom is -0.389 e. The maximum Gasteiger partial charge on any atom is 0.0897 e. The molecule has 0 saturated heterocycles. The van der Waals surface area contributed by atoms with Gasteiger partial charge in [-0.05, 0) is 50.9 Å². The molecule has 2 saturated carbocycles. The van der Waals surface area contributed by atoms with Crippen molar-refractivity contribution in [2.24, 2.45) is 5.41 Å².